The van der Waals surface area contributed by atoms with Crippen molar-refractivity contribution in [3.05, 3.63) is 12.3 Å². The van der Waals surface area contributed by atoms with Gasteiger partial charge in [-0.1, -0.05) is 0 Å². The third-order valence-corrected chi connectivity index (χ3v) is 3.78. The van der Waals surface area contributed by atoms with Gasteiger partial charge in [0.25, 0.3) is 0 Å². The molecule has 0 aliphatic carbocycles. The predicted octanol–water partition coefficient (Wildman–Crippen LogP) is 2.73. The number of aryl methyl sites for hydroxylation is 1. The molecule has 0 radical (unpaired) electrons. The number of carbonyl (C=O) groups is 1. The quantitative estimate of drug-likeness (QED) is 0.843. The van der Waals surface area contributed by atoms with Crippen LogP contribution >= 0.6 is 0 Å². The van der Waals surface area contributed by atoms with Gasteiger partial charge >= 0.3 is 12.2 Å². The topological polar surface area (TPSA) is 59.4 Å². The second kappa shape index (κ2) is 7.67. The molecular formula is C14H21F3N4O2. The van der Waals surface area contributed by atoms with Gasteiger partial charge in [-0.25, -0.2) is 4.79 Å². The predicted molar refractivity (Wildman–Crippen MR) is 78.1 cm³/mol. The van der Waals surface area contributed by atoms with Crippen molar-refractivity contribution in [2.45, 2.75) is 32.0 Å². The van der Waals surface area contributed by atoms with Gasteiger partial charge in [0, 0.05) is 45.6 Å². The molecule has 130 valence electrons. The molecule has 0 bridgehead atoms. The maximum Gasteiger partial charge on any atom is 0.393 e. The summed E-state index contributed by atoms with van der Waals surface area (Å²) in [5, 5.41) is 6.72. The van der Waals surface area contributed by atoms with Crippen LogP contribution in [0.3, 0.4) is 0 Å². The van der Waals surface area contributed by atoms with Gasteiger partial charge in [-0.15, -0.1) is 0 Å². The van der Waals surface area contributed by atoms with Crippen molar-refractivity contribution in [3.8, 4) is 0 Å². The Labute approximate surface area is 132 Å². The fourth-order valence-electron chi connectivity index (χ4n) is 2.54. The first-order chi connectivity index (χ1) is 10.9. The van der Waals surface area contributed by atoms with E-state index in [0.29, 0.717) is 31.9 Å². The molecule has 0 saturated carbocycles. The number of ether oxygens (including phenoxy) is 1. The van der Waals surface area contributed by atoms with Gasteiger partial charge in [0.15, 0.2) is 5.82 Å². The van der Waals surface area contributed by atoms with E-state index in [-0.39, 0.29) is 13.0 Å². The number of amides is 2. The number of anilines is 1. The van der Waals surface area contributed by atoms with E-state index in [2.05, 4.69) is 10.4 Å². The summed E-state index contributed by atoms with van der Waals surface area (Å²) in [6.07, 6.45) is -1.35. The highest BCUT2D eigenvalue weighted by atomic mass is 19.4. The number of halogens is 3. The van der Waals surface area contributed by atoms with Crippen molar-refractivity contribution in [2.24, 2.45) is 5.92 Å². The molecule has 1 atom stereocenters. The van der Waals surface area contributed by atoms with Crippen LogP contribution < -0.4 is 5.32 Å². The number of hydrogen-bond acceptors (Lipinski definition) is 3. The van der Waals surface area contributed by atoms with Gasteiger partial charge in [0.1, 0.15) is 0 Å². The minimum Gasteiger partial charge on any atom is -0.385 e. The molecule has 6 nitrogen and oxygen atoms in total. The Balaban J connectivity index is 1.86. The van der Waals surface area contributed by atoms with Crippen molar-refractivity contribution in [2.75, 3.05) is 32.1 Å². The smallest absolute Gasteiger partial charge is 0.385 e. The van der Waals surface area contributed by atoms with E-state index < -0.39 is 18.1 Å². The van der Waals surface area contributed by atoms with Gasteiger partial charge in [-0.05, 0) is 19.3 Å². The van der Waals surface area contributed by atoms with E-state index in [9.17, 15) is 18.0 Å². The first-order valence-electron chi connectivity index (χ1n) is 7.55. The van der Waals surface area contributed by atoms with Crippen molar-refractivity contribution in [1.29, 1.82) is 0 Å². The second-order valence-corrected chi connectivity index (χ2v) is 5.57. The highest BCUT2D eigenvalue weighted by Crippen LogP contribution is 2.33. The summed E-state index contributed by atoms with van der Waals surface area (Å²) in [5.74, 6) is -1.12. The number of carbonyl (C=O) groups excluding carboxylic acids is 1. The molecule has 1 aromatic heterocycles. The lowest BCUT2D eigenvalue weighted by Gasteiger charge is -2.33. The third-order valence-electron chi connectivity index (χ3n) is 3.78. The van der Waals surface area contributed by atoms with E-state index in [1.165, 1.54) is 4.90 Å². The van der Waals surface area contributed by atoms with E-state index in [1.54, 1.807) is 24.1 Å². The lowest BCUT2D eigenvalue weighted by Crippen LogP contribution is -2.46. The summed E-state index contributed by atoms with van der Waals surface area (Å²) in [4.78, 5) is 13.3. The zero-order valence-electron chi connectivity index (χ0n) is 13.0. The summed E-state index contributed by atoms with van der Waals surface area (Å²) in [6, 6.07) is 1.08. The average Bonchev–Trinajstić information content (AvgIpc) is 2.94. The lowest BCUT2D eigenvalue weighted by atomic mass is 9.98. The lowest BCUT2D eigenvalue weighted by molar-refractivity contribution is -0.183. The average molecular weight is 334 g/mol. The maximum absolute atomic E-state index is 12.8. The number of methoxy groups -OCH3 is 1. The molecule has 0 aromatic carbocycles. The Morgan fingerprint density at radius 1 is 1.52 bits per heavy atom. The standard InChI is InChI=1S/C14H21F3N4O2/c1-23-9-3-7-21-8-5-12(19-21)18-13(22)20-6-2-4-11(10-20)14(15,16)17/h5,8,11H,2-4,6-7,9-10H2,1H3,(H,18,19,22)/t11-/m0/s1. The zero-order chi connectivity index (χ0) is 16.9. The number of nitrogens with zero attached hydrogens (tertiary/aromatic N) is 3. The molecule has 2 rings (SSSR count). The second-order valence-electron chi connectivity index (χ2n) is 5.57. The Hall–Kier alpha value is -1.77. The SMILES string of the molecule is COCCCn1ccc(NC(=O)N2CCC[C@H](C(F)(F)F)C2)n1. The fraction of sp³-hybridized carbons (Fsp3) is 0.714. The zero-order valence-corrected chi connectivity index (χ0v) is 13.0. The maximum atomic E-state index is 12.8. The number of likely N-dealkylation sites (tertiary alicyclic amines) is 1. The molecule has 1 aromatic rings. The number of piperidine rings is 1. The number of hydrogen-bond donors (Lipinski definition) is 1. The highest BCUT2D eigenvalue weighted by molar-refractivity contribution is 5.88. The molecular weight excluding hydrogens is 313 g/mol. The molecule has 2 amide bonds. The van der Waals surface area contributed by atoms with Gasteiger partial charge in [-0.3, -0.25) is 10.00 Å². The molecule has 1 saturated heterocycles. The Kier molecular flexibility index (Phi) is 5.86. The van der Waals surface area contributed by atoms with E-state index in [4.69, 9.17) is 4.74 Å². The number of urea groups is 1. The van der Waals surface area contributed by atoms with Gasteiger partial charge in [-0.2, -0.15) is 18.3 Å². The number of aromatic nitrogens is 2. The highest BCUT2D eigenvalue weighted by Gasteiger charge is 2.42. The van der Waals surface area contributed by atoms with E-state index in [0.717, 1.165) is 6.42 Å². The largest absolute Gasteiger partial charge is 0.393 e. The van der Waals surface area contributed by atoms with Crippen LogP contribution in [0.15, 0.2) is 12.3 Å². The normalized spacial score (nSPS) is 19.0. The monoisotopic (exact) mass is 334 g/mol. The van der Waals surface area contributed by atoms with Crippen molar-refractivity contribution < 1.29 is 22.7 Å². The van der Waals surface area contributed by atoms with Crippen molar-refractivity contribution >= 4 is 11.8 Å². The van der Waals surface area contributed by atoms with Crippen LogP contribution in [0, 0.1) is 5.92 Å². The van der Waals surface area contributed by atoms with Crippen molar-refractivity contribution in [1.82, 2.24) is 14.7 Å². The molecule has 1 aliphatic rings. The Morgan fingerprint density at radius 3 is 3.00 bits per heavy atom. The summed E-state index contributed by atoms with van der Waals surface area (Å²) >= 11 is 0. The van der Waals surface area contributed by atoms with Crippen LogP contribution in [0.2, 0.25) is 0 Å². The molecule has 1 N–H and O–H groups in total. The van der Waals surface area contributed by atoms with Gasteiger partial charge in [0.2, 0.25) is 0 Å². The summed E-state index contributed by atoms with van der Waals surface area (Å²) < 4.78 is 44.9. The van der Waals surface area contributed by atoms with E-state index in [1.807, 2.05) is 0 Å². The van der Waals surface area contributed by atoms with Crippen LogP contribution in [0.5, 0.6) is 0 Å². The first-order valence-corrected chi connectivity index (χ1v) is 7.55. The van der Waals surface area contributed by atoms with Crippen LogP contribution in [0.1, 0.15) is 19.3 Å². The number of nitrogens with one attached hydrogen (secondary N) is 1. The Morgan fingerprint density at radius 2 is 2.30 bits per heavy atom. The molecule has 0 unspecified atom stereocenters. The summed E-state index contributed by atoms with van der Waals surface area (Å²) in [6.45, 7) is 1.27. The third kappa shape index (κ3) is 5.12. The minimum atomic E-state index is -4.26. The summed E-state index contributed by atoms with van der Waals surface area (Å²) in [5.41, 5.74) is 0. The van der Waals surface area contributed by atoms with E-state index >= 15 is 0 Å². The first kappa shape index (κ1) is 17.6. The fourth-order valence-corrected chi connectivity index (χ4v) is 2.54. The van der Waals surface area contributed by atoms with Crippen LogP contribution in [0.25, 0.3) is 0 Å². The van der Waals surface area contributed by atoms with Gasteiger partial charge < -0.3 is 9.64 Å². The molecule has 2 heterocycles. The molecule has 0 spiro atoms. The number of alkyl halides is 3. The molecule has 1 fully saturated rings. The minimum absolute atomic E-state index is 0.0708. The Bertz CT molecular complexity index is 518. The molecule has 9 heteroatoms. The number of rotatable bonds is 5. The van der Waals surface area contributed by atoms with Crippen molar-refractivity contribution in [3.63, 3.8) is 0 Å². The molecule has 23 heavy (non-hydrogen) atoms. The molecule has 1 aliphatic heterocycles. The van der Waals surface area contributed by atoms with Crippen LogP contribution in [0.4, 0.5) is 23.8 Å². The van der Waals surface area contributed by atoms with Gasteiger partial charge in [0.05, 0.1) is 5.92 Å². The van der Waals surface area contributed by atoms with Crippen LogP contribution in [-0.2, 0) is 11.3 Å². The van der Waals surface area contributed by atoms with Crippen LogP contribution in [-0.4, -0.2) is 53.7 Å². The summed E-state index contributed by atoms with van der Waals surface area (Å²) in [7, 11) is 1.61.